The quantitative estimate of drug-likeness (QED) is 0.252. The van der Waals surface area contributed by atoms with Crippen LogP contribution in [0.4, 0.5) is 0 Å². The van der Waals surface area contributed by atoms with Crippen molar-refractivity contribution in [1.29, 1.82) is 0 Å². The van der Waals surface area contributed by atoms with Crippen LogP contribution in [-0.2, 0) is 4.74 Å². The Bertz CT molecular complexity index is 241. The zero-order valence-electron chi connectivity index (χ0n) is 13.5. The molecule has 118 valence electrons. The minimum Gasteiger partial charge on any atom is -0.503 e. The smallest absolute Gasteiger partial charge is 0.0984 e. The Hall–Kier alpha value is -0.570. The molecule has 0 aromatic heterocycles. The molecule has 0 heterocycles. The van der Waals surface area contributed by atoms with Crippen molar-refractivity contribution >= 4 is 17.2 Å². The predicted octanol–water partition coefficient (Wildman–Crippen LogP) is 5.72. The van der Waals surface area contributed by atoms with Crippen LogP contribution in [0.2, 0.25) is 0 Å². The van der Waals surface area contributed by atoms with Gasteiger partial charge in [0.2, 0.25) is 0 Å². The summed E-state index contributed by atoms with van der Waals surface area (Å²) in [5.41, 5.74) is 0. The molecule has 0 aliphatic rings. The van der Waals surface area contributed by atoms with Gasteiger partial charge in [-0.1, -0.05) is 83.3 Å². The minimum atomic E-state index is 0.911. The van der Waals surface area contributed by atoms with Crippen molar-refractivity contribution in [2.75, 3.05) is 7.11 Å². The van der Waals surface area contributed by atoms with Gasteiger partial charge >= 0.3 is 0 Å². The molecule has 2 nitrogen and oxygen atoms in total. The van der Waals surface area contributed by atoms with Crippen LogP contribution in [0, 0.1) is 0 Å². The van der Waals surface area contributed by atoms with Gasteiger partial charge in [-0.25, -0.2) is 0 Å². The summed E-state index contributed by atoms with van der Waals surface area (Å²) in [6, 6.07) is 0. The summed E-state index contributed by atoms with van der Waals surface area (Å²) in [6.45, 7) is 2.27. The normalized spacial score (nSPS) is 10.9. The molecule has 0 aromatic carbocycles. The minimum absolute atomic E-state index is 0.911. The van der Waals surface area contributed by atoms with Crippen LogP contribution in [0.1, 0.15) is 84.0 Å². The van der Waals surface area contributed by atoms with Gasteiger partial charge in [0.05, 0.1) is 18.4 Å². The number of nitrogens with one attached hydrogen (secondary N) is 1. The second kappa shape index (κ2) is 16.5. The molecule has 0 spiro atoms. The molecule has 1 N–H and O–H groups in total. The summed E-state index contributed by atoms with van der Waals surface area (Å²) in [4.78, 5) is 0.911. The van der Waals surface area contributed by atoms with Crippen molar-refractivity contribution in [2.45, 2.75) is 84.0 Å². The molecule has 20 heavy (non-hydrogen) atoms. The summed E-state index contributed by atoms with van der Waals surface area (Å²) in [5, 5.41) is 3.04. The van der Waals surface area contributed by atoms with Crippen LogP contribution in [0.5, 0.6) is 0 Å². The molecule has 0 aromatic rings. The maximum atomic E-state index is 5.22. The molecule has 3 heteroatoms. The predicted molar refractivity (Wildman–Crippen MR) is 93.0 cm³/mol. The summed E-state index contributed by atoms with van der Waals surface area (Å²) >= 11 is 5.22. The second-order valence-corrected chi connectivity index (χ2v) is 5.88. The van der Waals surface area contributed by atoms with Gasteiger partial charge in [-0.15, -0.1) is 0 Å². The molecule has 0 amide bonds. The molecule has 0 aliphatic heterocycles. The molecule has 0 unspecified atom stereocenters. The zero-order valence-corrected chi connectivity index (χ0v) is 14.3. The van der Waals surface area contributed by atoms with Gasteiger partial charge in [-0.2, -0.15) is 0 Å². The lowest BCUT2D eigenvalue weighted by atomic mass is 10.1. The topological polar surface area (TPSA) is 21.3 Å². The monoisotopic (exact) mass is 299 g/mol. The summed E-state index contributed by atoms with van der Waals surface area (Å²) in [5.74, 6) is 0. The van der Waals surface area contributed by atoms with E-state index in [1.54, 1.807) is 19.6 Å². The fraction of sp³-hybridized carbons (Fsp3) is 0.824. The molecular formula is C17H33NOS. The van der Waals surface area contributed by atoms with Crippen LogP contribution >= 0.6 is 12.2 Å². The van der Waals surface area contributed by atoms with E-state index in [0.29, 0.717) is 0 Å². The van der Waals surface area contributed by atoms with E-state index in [9.17, 15) is 0 Å². The van der Waals surface area contributed by atoms with Gasteiger partial charge in [-0.3, -0.25) is 0 Å². The Labute approximate surface area is 131 Å². The molecule has 0 fully saturated rings. The SMILES string of the molecule is CCCCCCCCCCCCCC(=S)NC=COC. The third kappa shape index (κ3) is 15.5. The van der Waals surface area contributed by atoms with Gasteiger partial charge in [0.15, 0.2) is 0 Å². The maximum absolute atomic E-state index is 5.22. The van der Waals surface area contributed by atoms with Gasteiger partial charge in [0, 0.05) is 6.20 Å². The first-order valence-corrected chi connectivity index (χ1v) is 8.69. The van der Waals surface area contributed by atoms with Crippen molar-refractivity contribution in [3.63, 3.8) is 0 Å². The third-order valence-electron chi connectivity index (χ3n) is 3.46. The Morgan fingerprint density at radius 1 is 0.900 bits per heavy atom. The fourth-order valence-electron chi connectivity index (χ4n) is 2.22. The highest BCUT2D eigenvalue weighted by molar-refractivity contribution is 7.80. The van der Waals surface area contributed by atoms with Crippen molar-refractivity contribution in [1.82, 2.24) is 5.32 Å². The first-order chi connectivity index (χ1) is 9.81. The Morgan fingerprint density at radius 3 is 1.90 bits per heavy atom. The van der Waals surface area contributed by atoms with Gasteiger partial charge in [-0.05, 0) is 12.8 Å². The first-order valence-electron chi connectivity index (χ1n) is 8.28. The first kappa shape index (κ1) is 19.4. The average molecular weight is 300 g/mol. The van der Waals surface area contributed by atoms with Crippen LogP contribution in [0.25, 0.3) is 0 Å². The van der Waals surface area contributed by atoms with Crippen molar-refractivity contribution in [3.05, 3.63) is 12.5 Å². The Balaban J connectivity index is 3.12. The highest BCUT2D eigenvalue weighted by Crippen LogP contribution is 2.11. The van der Waals surface area contributed by atoms with Crippen molar-refractivity contribution in [2.24, 2.45) is 0 Å². The second-order valence-electron chi connectivity index (χ2n) is 5.39. The Morgan fingerprint density at radius 2 is 1.40 bits per heavy atom. The van der Waals surface area contributed by atoms with Crippen LogP contribution in [0.15, 0.2) is 12.5 Å². The zero-order chi connectivity index (χ0) is 14.9. The van der Waals surface area contributed by atoms with Crippen molar-refractivity contribution in [3.8, 4) is 0 Å². The van der Waals surface area contributed by atoms with Crippen LogP contribution < -0.4 is 5.32 Å². The molecule has 0 saturated carbocycles. The van der Waals surface area contributed by atoms with E-state index in [1.807, 2.05) is 0 Å². The van der Waals surface area contributed by atoms with Gasteiger partial charge in [0.1, 0.15) is 0 Å². The lowest BCUT2D eigenvalue weighted by molar-refractivity contribution is 0.336. The number of hydrogen-bond acceptors (Lipinski definition) is 2. The van der Waals surface area contributed by atoms with E-state index in [4.69, 9.17) is 17.0 Å². The number of rotatable bonds is 14. The van der Waals surface area contributed by atoms with Crippen molar-refractivity contribution < 1.29 is 4.74 Å². The number of ether oxygens (including phenoxy) is 1. The van der Waals surface area contributed by atoms with Gasteiger partial charge < -0.3 is 10.1 Å². The van der Waals surface area contributed by atoms with E-state index in [0.717, 1.165) is 11.4 Å². The molecule has 0 radical (unpaired) electrons. The fourth-order valence-corrected chi connectivity index (χ4v) is 2.43. The van der Waals surface area contributed by atoms with E-state index in [2.05, 4.69) is 12.2 Å². The van der Waals surface area contributed by atoms with E-state index in [-0.39, 0.29) is 0 Å². The molecule has 0 rings (SSSR count). The standard InChI is InChI=1S/C17H33NOS/c1-3-4-5-6-7-8-9-10-11-12-13-14-17(20)18-15-16-19-2/h15-16H,3-14H2,1-2H3,(H,18,20). The van der Waals surface area contributed by atoms with E-state index < -0.39 is 0 Å². The van der Waals surface area contributed by atoms with Gasteiger partial charge in [0.25, 0.3) is 0 Å². The molecule has 0 aliphatic carbocycles. The number of unbranched alkanes of at least 4 members (excludes halogenated alkanes) is 10. The number of hydrogen-bond donors (Lipinski definition) is 1. The molecule has 0 atom stereocenters. The highest BCUT2D eigenvalue weighted by atomic mass is 32.1. The summed E-state index contributed by atoms with van der Waals surface area (Å²) < 4.78 is 4.80. The lowest BCUT2D eigenvalue weighted by Crippen LogP contribution is -2.13. The van der Waals surface area contributed by atoms with E-state index >= 15 is 0 Å². The average Bonchev–Trinajstić information content (AvgIpc) is 2.45. The number of methoxy groups -OCH3 is 1. The summed E-state index contributed by atoms with van der Waals surface area (Å²) in [6.07, 6.45) is 19.5. The lowest BCUT2D eigenvalue weighted by Gasteiger charge is -2.04. The maximum Gasteiger partial charge on any atom is 0.0984 e. The summed E-state index contributed by atoms with van der Waals surface area (Å²) in [7, 11) is 1.63. The third-order valence-corrected chi connectivity index (χ3v) is 3.78. The van der Waals surface area contributed by atoms with Crippen LogP contribution in [0.3, 0.4) is 0 Å². The Kier molecular flexibility index (Phi) is 16.0. The van der Waals surface area contributed by atoms with Crippen LogP contribution in [-0.4, -0.2) is 12.1 Å². The molecule has 0 saturated heterocycles. The number of thiocarbonyl (C=S) groups is 1. The molecular weight excluding hydrogens is 266 g/mol. The van der Waals surface area contributed by atoms with E-state index in [1.165, 1.54) is 70.6 Å². The largest absolute Gasteiger partial charge is 0.503 e. The molecule has 0 bridgehead atoms. The highest BCUT2D eigenvalue weighted by Gasteiger charge is 1.95.